The number of nitrogens with zero attached hydrogens (tertiary/aromatic N) is 1. The summed E-state index contributed by atoms with van der Waals surface area (Å²) in [6.07, 6.45) is 0.955. The fourth-order valence-electron chi connectivity index (χ4n) is 2.24. The van der Waals surface area contributed by atoms with Gasteiger partial charge in [0.15, 0.2) is 0 Å². The number of aryl methyl sites for hydroxylation is 1. The number of benzene rings is 1. The maximum Gasteiger partial charge on any atom is 0.338 e. The van der Waals surface area contributed by atoms with Crippen LogP contribution >= 0.6 is 0 Å². The second-order valence-electron chi connectivity index (χ2n) is 4.75. The summed E-state index contributed by atoms with van der Waals surface area (Å²) < 4.78 is 5.28. The summed E-state index contributed by atoms with van der Waals surface area (Å²) in [7, 11) is 1.65. The maximum absolute atomic E-state index is 10.7. The van der Waals surface area contributed by atoms with E-state index < -0.39 is 6.03 Å². The zero-order valence-corrected chi connectivity index (χ0v) is 10.6. The van der Waals surface area contributed by atoms with E-state index in [2.05, 4.69) is 6.07 Å². The quantitative estimate of drug-likeness (QED) is 0.632. The highest BCUT2D eigenvalue weighted by atomic mass is 16.5. The van der Waals surface area contributed by atoms with Crippen molar-refractivity contribution in [3.8, 4) is 5.75 Å². The van der Waals surface area contributed by atoms with Gasteiger partial charge in [0.25, 0.3) is 0 Å². The Hall–Kier alpha value is -1.75. The lowest BCUT2D eigenvalue weighted by molar-refractivity contribution is -0.0431. The molecule has 2 atom stereocenters. The van der Waals surface area contributed by atoms with E-state index in [9.17, 15) is 10.0 Å². The number of carbonyl (C=O) groups excluding carboxylic acids is 1. The molecule has 0 bridgehead atoms. The predicted octanol–water partition coefficient (Wildman–Crippen LogP) is 1.88. The van der Waals surface area contributed by atoms with E-state index in [1.54, 1.807) is 7.11 Å². The Morgan fingerprint density at radius 1 is 1.61 bits per heavy atom. The molecule has 18 heavy (non-hydrogen) atoms. The summed E-state index contributed by atoms with van der Waals surface area (Å²) in [6.45, 7) is 2.28. The van der Waals surface area contributed by atoms with E-state index in [-0.39, 0.29) is 12.5 Å². The molecule has 5 heteroatoms. The number of methoxy groups -OCH3 is 1. The highest BCUT2D eigenvalue weighted by Gasteiger charge is 2.40. The molecule has 0 radical (unpaired) electrons. The van der Waals surface area contributed by atoms with E-state index >= 15 is 0 Å². The lowest BCUT2D eigenvalue weighted by Crippen LogP contribution is -2.34. The van der Waals surface area contributed by atoms with Gasteiger partial charge in [-0.1, -0.05) is 12.1 Å². The summed E-state index contributed by atoms with van der Waals surface area (Å²) in [5.41, 5.74) is 7.26. The summed E-state index contributed by atoms with van der Waals surface area (Å²) in [5, 5.41) is 9.86. The largest absolute Gasteiger partial charge is 0.496 e. The summed E-state index contributed by atoms with van der Waals surface area (Å²) in [6, 6.07) is 5.30. The van der Waals surface area contributed by atoms with E-state index in [0.29, 0.717) is 11.0 Å². The molecule has 0 heterocycles. The van der Waals surface area contributed by atoms with Crippen LogP contribution in [0.15, 0.2) is 18.2 Å². The van der Waals surface area contributed by atoms with Crippen LogP contribution in [0.2, 0.25) is 0 Å². The Morgan fingerprint density at radius 3 is 2.94 bits per heavy atom. The molecule has 5 nitrogen and oxygen atoms in total. The number of rotatable bonds is 4. The van der Waals surface area contributed by atoms with Crippen molar-refractivity contribution < 1.29 is 14.7 Å². The fraction of sp³-hybridized carbons (Fsp3) is 0.462. The van der Waals surface area contributed by atoms with Crippen molar-refractivity contribution in [2.24, 2.45) is 11.7 Å². The Balaban J connectivity index is 2.01. The Morgan fingerprint density at radius 2 is 2.33 bits per heavy atom. The molecule has 1 aliphatic carbocycles. The molecule has 0 aromatic heterocycles. The van der Waals surface area contributed by atoms with Gasteiger partial charge >= 0.3 is 6.03 Å². The summed E-state index contributed by atoms with van der Waals surface area (Å²) >= 11 is 0. The molecule has 1 aliphatic rings. The van der Waals surface area contributed by atoms with Gasteiger partial charge in [-0.15, -0.1) is 0 Å². The molecular formula is C13H18N2O3. The number of hydrogen-bond donors (Lipinski definition) is 2. The number of ether oxygens (including phenoxy) is 1. The van der Waals surface area contributed by atoms with Crippen molar-refractivity contribution in [1.82, 2.24) is 5.06 Å². The van der Waals surface area contributed by atoms with Crippen molar-refractivity contribution in [1.29, 1.82) is 0 Å². The van der Waals surface area contributed by atoms with Crippen molar-refractivity contribution in [2.45, 2.75) is 19.3 Å². The standard InChI is InChI=1S/C13H18N2O3/c1-8-3-4-9(6-12(8)18-2)11-5-10(11)7-15(17)13(14)16/h3-4,6,10-11,17H,5,7H2,1-2H3,(H2,14,16)/t10-,11-/m0/s1. The fourth-order valence-corrected chi connectivity index (χ4v) is 2.24. The van der Waals surface area contributed by atoms with Gasteiger partial charge in [-0.05, 0) is 42.4 Å². The van der Waals surface area contributed by atoms with Gasteiger partial charge in [0.1, 0.15) is 5.75 Å². The monoisotopic (exact) mass is 250 g/mol. The normalized spacial score (nSPS) is 21.5. The molecular weight excluding hydrogens is 232 g/mol. The third-order valence-corrected chi connectivity index (χ3v) is 3.44. The second kappa shape index (κ2) is 4.86. The maximum atomic E-state index is 10.7. The predicted molar refractivity (Wildman–Crippen MR) is 66.7 cm³/mol. The van der Waals surface area contributed by atoms with Gasteiger partial charge in [0, 0.05) is 0 Å². The number of primary amides is 1. The van der Waals surface area contributed by atoms with Crippen LogP contribution in [0.1, 0.15) is 23.5 Å². The molecule has 0 saturated heterocycles. The Kier molecular flexibility index (Phi) is 3.43. The van der Waals surface area contributed by atoms with Gasteiger partial charge in [-0.25, -0.2) is 9.86 Å². The van der Waals surface area contributed by atoms with Crippen LogP contribution < -0.4 is 10.5 Å². The second-order valence-corrected chi connectivity index (χ2v) is 4.75. The van der Waals surface area contributed by atoms with Gasteiger partial charge in [0.2, 0.25) is 0 Å². The molecule has 2 amide bonds. The number of carbonyl (C=O) groups is 1. The Bertz CT molecular complexity index is 462. The van der Waals surface area contributed by atoms with Crippen molar-refractivity contribution in [2.75, 3.05) is 13.7 Å². The lowest BCUT2D eigenvalue weighted by atomic mass is 10.1. The van der Waals surface area contributed by atoms with Crippen molar-refractivity contribution in [3.05, 3.63) is 29.3 Å². The highest BCUT2D eigenvalue weighted by molar-refractivity contribution is 5.70. The molecule has 1 aromatic rings. The minimum Gasteiger partial charge on any atom is -0.496 e. The molecule has 0 spiro atoms. The van der Waals surface area contributed by atoms with E-state index in [0.717, 1.165) is 17.7 Å². The van der Waals surface area contributed by atoms with E-state index in [4.69, 9.17) is 10.5 Å². The van der Waals surface area contributed by atoms with Crippen LogP contribution in [0.5, 0.6) is 5.75 Å². The molecule has 2 rings (SSSR count). The van der Waals surface area contributed by atoms with Crippen LogP contribution in [-0.4, -0.2) is 30.0 Å². The smallest absolute Gasteiger partial charge is 0.338 e. The third-order valence-electron chi connectivity index (χ3n) is 3.44. The zero-order chi connectivity index (χ0) is 13.3. The first-order chi connectivity index (χ1) is 8.52. The minimum absolute atomic E-state index is 0.273. The average molecular weight is 250 g/mol. The number of nitrogens with two attached hydrogens (primary N) is 1. The molecule has 0 aliphatic heterocycles. The first-order valence-corrected chi connectivity index (χ1v) is 5.93. The van der Waals surface area contributed by atoms with Crippen LogP contribution in [0.25, 0.3) is 0 Å². The van der Waals surface area contributed by atoms with Crippen molar-refractivity contribution in [3.63, 3.8) is 0 Å². The first-order valence-electron chi connectivity index (χ1n) is 5.93. The number of urea groups is 1. The van der Waals surface area contributed by atoms with Crippen LogP contribution in [0, 0.1) is 12.8 Å². The van der Waals surface area contributed by atoms with Crippen molar-refractivity contribution >= 4 is 6.03 Å². The average Bonchev–Trinajstić information content (AvgIpc) is 3.08. The minimum atomic E-state index is -0.804. The van der Waals surface area contributed by atoms with Gasteiger partial charge in [-0.3, -0.25) is 5.21 Å². The van der Waals surface area contributed by atoms with E-state index in [1.165, 1.54) is 5.56 Å². The molecule has 98 valence electrons. The Labute approximate surface area is 106 Å². The molecule has 1 fully saturated rings. The first kappa shape index (κ1) is 12.7. The number of hydrogen-bond acceptors (Lipinski definition) is 3. The summed E-state index contributed by atoms with van der Waals surface area (Å²) in [5.74, 6) is 1.51. The van der Waals surface area contributed by atoms with Crippen LogP contribution in [0.4, 0.5) is 4.79 Å². The van der Waals surface area contributed by atoms with Crippen LogP contribution in [-0.2, 0) is 0 Å². The van der Waals surface area contributed by atoms with Gasteiger partial charge < -0.3 is 10.5 Å². The molecule has 0 unspecified atom stereocenters. The van der Waals surface area contributed by atoms with E-state index in [1.807, 2.05) is 19.1 Å². The topological polar surface area (TPSA) is 75.8 Å². The molecule has 3 N–H and O–H groups in total. The SMILES string of the molecule is COc1cc([C@@H]2C[C@H]2CN(O)C(N)=O)ccc1C. The van der Waals surface area contributed by atoms with Gasteiger partial charge in [-0.2, -0.15) is 0 Å². The summed E-state index contributed by atoms with van der Waals surface area (Å²) in [4.78, 5) is 10.7. The molecule has 1 saturated carbocycles. The lowest BCUT2D eigenvalue weighted by Gasteiger charge is -2.11. The zero-order valence-electron chi connectivity index (χ0n) is 10.6. The number of amides is 2. The third kappa shape index (κ3) is 2.56. The highest BCUT2D eigenvalue weighted by Crippen LogP contribution is 2.48. The van der Waals surface area contributed by atoms with Gasteiger partial charge in [0.05, 0.1) is 13.7 Å². The molecule has 1 aromatic carbocycles. The van der Waals surface area contributed by atoms with Crippen LogP contribution in [0.3, 0.4) is 0 Å². The number of hydroxylamine groups is 2.